The SMILES string of the molecule is O=C(COC(=O)[C@@H]1CC(=O)N(C2CCCC2)C1)Nc1cccc([N+](=O)[O-])c1. The lowest BCUT2D eigenvalue weighted by molar-refractivity contribution is -0.384. The molecule has 2 aliphatic rings. The van der Waals surface area contributed by atoms with Gasteiger partial charge in [0, 0.05) is 36.8 Å². The van der Waals surface area contributed by atoms with Gasteiger partial charge in [0.2, 0.25) is 5.91 Å². The molecule has 1 saturated carbocycles. The van der Waals surface area contributed by atoms with Gasteiger partial charge in [-0.2, -0.15) is 0 Å². The van der Waals surface area contributed by atoms with Crippen LogP contribution in [0.25, 0.3) is 0 Å². The number of esters is 1. The van der Waals surface area contributed by atoms with E-state index in [-0.39, 0.29) is 29.7 Å². The molecule has 1 aliphatic carbocycles. The fourth-order valence-electron chi connectivity index (χ4n) is 3.61. The normalized spacial score (nSPS) is 19.9. The molecule has 9 nitrogen and oxygen atoms in total. The van der Waals surface area contributed by atoms with Gasteiger partial charge in [-0.25, -0.2) is 0 Å². The summed E-state index contributed by atoms with van der Waals surface area (Å²) in [4.78, 5) is 48.2. The number of likely N-dealkylation sites (tertiary alicyclic amines) is 1. The molecule has 1 saturated heterocycles. The smallest absolute Gasteiger partial charge is 0.311 e. The predicted molar refractivity (Wildman–Crippen MR) is 94.8 cm³/mol. The second kappa shape index (κ2) is 8.15. The summed E-state index contributed by atoms with van der Waals surface area (Å²) in [6.45, 7) is -0.162. The van der Waals surface area contributed by atoms with Crippen molar-refractivity contribution in [1.82, 2.24) is 4.90 Å². The highest BCUT2D eigenvalue weighted by Gasteiger charge is 2.39. The lowest BCUT2D eigenvalue weighted by Crippen LogP contribution is -2.35. The molecule has 0 aromatic heterocycles. The van der Waals surface area contributed by atoms with E-state index in [1.165, 1.54) is 24.3 Å². The van der Waals surface area contributed by atoms with Crippen molar-refractivity contribution in [2.24, 2.45) is 5.92 Å². The maximum atomic E-state index is 12.2. The molecule has 1 aliphatic heterocycles. The zero-order valence-electron chi connectivity index (χ0n) is 14.8. The van der Waals surface area contributed by atoms with Gasteiger partial charge in [-0.05, 0) is 18.9 Å². The number of nitro benzene ring substituents is 1. The summed E-state index contributed by atoms with van der Waals surface area (Å²) < 4.78 is 5.03. The quantitative estimate of drug-likeness (QED) is 0.460. The molecule has 0 spiro atoms. The topological polar surface area (TPSA) is 119 Å². The zero-order chi connectivity index (χ0) is 19.4. The first-order chi connectivity index (χ1) is 12.9. The summed E-state index contributed by atoms with van der Waals surface area (Å²) in [7, 11) is 0. The number of ether oxygens (including phenoxy) is 1. The number of hydrogen-bond donors (Lipinski definition) is 1. The fourth-order valence-corrected chi connectivity index (χ4v) is 3.61. The van der Waals surface area contributed by atoms with Gasteiger partial charge < -0.3 is 15.0 Å². The monoisotopic (exact) mass is 375 g/mol. The van der Waals surface area contributed by atoms with Crippen LogP contribution in [0.5, 0.6) is 0 Å². The van der Waals surface area contributed by atoms with Crippen LogP contribution in [0.3, 0.4) is 0 Å². The Morgan fingerprint density at radius 3 is 2.74 bits per heavy atom. The minimum Gasteiger partial charge on any atom is -0.455 e. The van der Waals surface area contributed by atoms with E-state index in [4.69, 9.17) is 4.74 Å². The van der Waals surface area contributed by atoms with Gasteiger partial charge in [0.25, 0.3) is 11.6 Å². The minimum atomic E-state index is -0.596. The number of rotatable bonds is 6. The number of nitrogens with zero attached hydrogens (tertiary/aromatic N) is 2. The van der Waals surface area contributed by atoms with E-state index in [0.29, 0.717) is 6.54 Å². The first kappa shape index (κ1) is 18.8. The Balaban J connectivity index is 1.47. The van der Waals surface area contributed by atoms with Crippen LogP contribution in [0.2, 0.25) is 0 Å². The van der Waals surface area contributed by atoms with Crippen LogP contribution in [0, 0.1) is 16.0 Å². The summed E-state index contributed by atoms with van der Waals surface area (Å²) in [5.74, 6) is -1.76. The van der Waals surface area contributed by atoms with E-state index in [0.717, 1.165) is 25.7 Å². The number of nitrogens with one attached hydrogen (secondary N) is 1. The Hall–Kier alpha value is -2.97. The summed E-state index contributed by atoms with van der Waals surface area (Å²) in [6, 6.07) is 5.69. The molecule has 144 valence electrons. The number of hydrogen-bond acceptors (Lipinski definition) is 6. The summed E-state index contributed by atoms with van der Waals surface area (Å²) in [5, 5.41) is 13.2. The maximum Gasteiger partial charge on any atom is 0.311 e. The van der Waals surface area contributed by atoms with Gasteiger partial charge >= 0.3 is 5.97 Å². The van der Waals surface area contributed by atoms with Crippen molar-refractivity contribution in [2.45, 2.75) is 38.1 Å². The van der Waals surface area contributed by atoms with Crippen molar-refractivity contribution >= 4 is 29.2 Å². The summed E-state index contributed by atoms with van der Waals surface area (Å²) in [5.41, 5.74) is 0.0926. The van der Waals surface area contributed by atoms with Crippen LogP contribution in [0.15, 0.2) is 24.3 Å². The highest BCUT2D eigenvalue weighted by molar-refractivity contribution is 5.94. The zero-order valence-corrected chi connectivity index (χ0v) is 14.8. The second-order valence-electron chi connectivity index (χ2n) is 6.85. The van der Waals surface area contributed by atoms with Crippen LogP contribution in [0.1, 0.15) is 32.1 Å². The fraction of sp³-hybridized carbons (Fsp3) is 0.500. The van der Waals surface area contributed by atoms with Gasteiger partial charge in [0.05, 0.1) is 10.8 Å². The summed E-state index contributed by atoms with van der Waals surface area (Å²) in [6.07, 6.45) is 4.25. The first-order valence-electron chi connectivity index (χ1n) is 8.94. The molecule has 0 radical (unpaired) electrons. The molecule has 0 bridgehead atoms. The molecule has 1 aromatic rings. The Morgan fingerprint density at radius 1 is 1.30 bits per heavy atom. The van der Waals surface area contributed by atoms with Gasteiger partial charge in [-0.3, -0.25) is 24.5 Å². The van der Waals surface area contributed by atoms with Crippen molar-refractivity contribution in [3.05, 3.63) is 34.4 Å². The number of carbonyl (C=O) groups is 3. The van der Waals surface area contributed by atoms with Gasteiger partial charge in [-0.15, -0.1) is 0 Å². The number of anilines is 1. The standard InChI is InChI=1S/C18H21N3O6/c22-16(19-13-4-3-7-15(9-13)21(25)26)11-27-18(24)12-8-17(23)20(10-12)14-5-1-2-6-14/h3-4,7,9,12,14H,1-2,5-6,8,10-11H2,(H,19,22)/t12-/m1/s1. The molecule has 2 fully saturated rings. The third-order valence-electron chi connectivity index (χ3n) is 4.94. The largest absolute Gasteiger partial charge is 0.455 e. The van der Waals surface area contributed by atoms with Crippen molar-refractivity contribution in [3.63, 3.8) is 0 Å². The molecule has 2 amide bonds. The highest BCUT2D eigenvalue weighted by Crippen LogP contribution is 2.29. The molecule has 3 rings (SSSR count). The number of carbonyl (C=O) groups excluding carboxylic acids is 3. The van der Waals surface area contributed by atoms with Gasteiger partial charge in [-0.1, -0.05) is 18.9 Å². The molecule has 27 heavy (non-hydrogen) atoms. The van der Waals surface area contributed by atoms with Gasteiger partial charge in [0.15, 0.2) is 6.61 Å². The predicted octanol–water partition coefficient (Wildman–Crippen LogP) is 1.87. The van der Waals surface area contributed by atoms with E-state index in [9.17, 15) is 24.5 Å². The second-order valence-corrected chi connectivity index (χ2v) is 6.85. The minimum absolute atomic E-state index is 0.0371. The molecule has 0 unspecified atom stereocenters. The van der Waals surface area contributed by atoms with E-state index in [2.05, 4.69) is 5.32 Å². The molecule has 1 atom stereocenters. The van der Waals surface area contributed by atoms with E-state index in [1.807, 2.05) is 0 Å². The van der Waals surface area contributed by atoms with Crippen molar-refractivity contribution in [1.29, 1.82) is 0 Å². The maximum absolute atomic E-state index is 12.2. The van der Waals surface area contributed by atoms with Crippen LogP contribution < -0.4 is 5.32 Å². The third-order valence-corrected chi connectivity index (χ3v) is 4.94. The van der Waals surface area contributed by atoms with Crippen molar-refractivity contribution < 1.29 is 24.0 Å². The Bertz CT molecular complexity index is 759. The Labute approximate surface area is 155 Å². The van der Waals surface area contributed by atoms with Crippen LogP contribution in [-0.2, 0) is 19.1 Å². The molecule has 1 aromatic carbocycles. The van der Waals surface area contributed by atoms with Crippen LogP contribution >= 0.6 is 0 Å². The number of amides is 2. The molecule has 1 N–H and O–H groups in total. The highest BCUT2D eigenvalue weighted by atomic mass is 16.6. The van der Waals surface area contributed by atoms with Crippen molar-refractivity contribution in [2.75, 3.05) is 18.5 Å². The average molecular weight is 375 g/mol. The summed E-state index contributed by atoms with van der Waals surface area (Å²) >= 11 is 0. The van der Waals surface area contributed by atoms with Gasteiger partial charge in [0.1, 0.15) is 0 Å². The Kier molecular flexibility index (Phi) is 5.68. The van der Waals surface area contributed by atoms with Crippen LogP contribution in [-0.4, -0.2) is 46.8 Å². The van der Waals surface area contributed by atoms with Crippen LogP contribution in [0.4, 0.5) is 11.4 Å². The molecule has 9 heteroatoms. The molecular formula is C18H21N3O6. The van der Waals surface area contributed by atoms with E-state index in [1.54, 1.807) is 4.90 Å². The van der Waals surface area contributed by atoms with E-state index < -0.39 is 29.3 Å². The number of nitro groups is 1. The Morgan fingerprint density at radius 2 is 2.04 bits per heavy atom. The number of benzene rings is 1. The van der Waals surface area contributed by atoms with E-state index >= 15 is 0 Å². The molecular weight excluding hydrogens is 354 g/mol. The van der Waals surface area contributed by atoms with Crippen molar-refractivity contribution in [3.8, 4) is 0 Å². The third kappa shape index (κ3) is 4.60. The number of non-ortho nitro benzene ring substituents is 1. The molecule has 1 heterocycles. The first-order valence-corrected chi connectivity index (χ1v) is 8.94. The average Bonchev–Trinajstić information content (AvgIpc) is 3.29. The lowest BCUT2D eigenvalue weighted by atomic mass is 10.1. The lowest BCUT2D eigenvalue weighted by Gasteiger charge is -2.23.